The molecule has 6 nitrogen and oxygen atoms in total. The maximum absolute atomic E-state index is 12.1. The van der Waals surface area contributed by atoms with Crippen LogP contribution in [-0.4, -0.2) is 24.7 Å². The Morgan fingerprint density at radius 2 is 2.10 bits per heavy atom. The number of benzene rings is 1. The van der Waals surface area contributed by atoms with Crippen LogP contribution in [0.2, 0.25) is 0 Å². The molecule has 1 aliphatic heterocycles. The second-order valence-electron chi connectivity index (χ2n) is 4.55. The van der Waals surface area contributed by atoms with Crippen molar-refractivity contribution in [2.24, 2.45) is 0 Å². The van der Waals surface area contributed by atoms with Gasteiger partial charge in [-0.15, -0.1) is 0 Å². The van der Waals surface area contributed by atoms with E-state index >= 15 is 0 Å². The average molecular weight is 285 g/mol. The van der Waals surface area contributed by atoms with Gasteiger partial charge in [-0.05, 0) is 29.8 Å². The van der Waals surface area contributed by atoms with E-state index in [4.69, 9.17) is 9.47 Å². The molecule has 0 saturated carbocycles. The standard InChI is InChI=1S/C15H15N3O3/c1-16-11-4-5-17-12(7-11)15(19)18-8-10-2-3-13-14(6-10)21-9-20-13/h2-7H,8-9H2,1H3,(H,16,17)(H,18,19). The monoisotopic (exact) mass is 285 g/mol. The molecular formula is C15H15N3O3. The zero-order chi connectivity index (χ0) is 14.7. The second kappa shape index (κ2) is 5.70. The van der Waals surface area contributed by atoms with Gasteiger partial charge in [-0.25, -0.2) is 0 Å². The number of anilines is 1. The number of carbonyl (C=O) groups is 1. The number of hydrogen-bond donors (Lipinski definition) is 2. The summed E-state index contributed by atoms with van der Waals surface area (Å²) in [6.45, 7) is 0.646. The minimum Gasteiger partial charge on any atom is -0.454 e. The first-order valence-electron chi connectivity index (χ1n) is 6.57. The lowest BCUT2D eigenvalue weighted by Gasteiger charge is -2.07. The van der Waals surface area contributed by atoms with Crippen molar-refractivity contribution in [3.05, 3.63) is 47.8 Å². The van der Waals surface area contributed by atoms with Crippen LogP contribution in [0.4, 0.5) is 5.69 Å². The first-order chi connectivity index (χ1) is 10.3. The van der Waals surface area contributed by atoms with Gasteiger partial charge in [0.1, 0.15) is 5.69 Å². The molecule has 1 aliphatic rings. The molecule has 0 fully saturated rings. The highest BCUT2D eigenvalue weighted by atomic mass is 16.7. The van der Waals surface area contributed by atoms with Gasteiger partial charge in [0.15, 0.2) is 11.5 Å². The minimum atomic E-state index is -0.218. The maximum atomic E-state index is 12.1. The smallest absolute Gasteiger partial charge is 0.270 e. The second-order valence-corrected chi connectivity index (χ2v) is 4.55. The highest BCUT2D eigenvalue weighted by Gasteiger charge is 2.14. The molecule has 1 amide bonds. The molecule has 1 aromatic heterocycles. The molecule has 2 N–H and O–H groups in total. The third kappa shape index (κ3) is 2.89. The third-order valence-electron chi connectivity index (χ3n) is 3.17. The van der Waals surface area contributed by atoms with E-state index in [1.807, 2.05) is 18.2 Å². The van der Waals surface area contributed by atoms with Gasteiger partial charge in [0, 0.05) is 25.5 Å². The summed E-state index contributed by atoms with van der Waals surface area (Å²) >= 11 is 0. The van der Waals surface area contributed by atoms with Gasteiger partial charge in [0.05, 0.1) is 0 Å². The van der Waals surface area contributed by atoms with Crippen molar-refractivity contribution in [2.45, 2.75) is 6.54 Å². The Labute approximate surface area is 122 Å². The van der Waals surface area contributed by atoms with Crippen molar-refractivity contribution >= 4 is 11.6 Å². The van der Waals surface area contributed by atoms with Gasteiger partial charge in [0.2, 0.25) is 6.79 Å². The summed E-state index contributed by atoms with van der Waals surface area (Å²) in [6, 6.07) is 9.10. The molecule has 21 heavy (non-hydrogen) atoms. The van der Waals surface area contributed by atoms with E-state index in [0.717, 1.165) is 17.0 Å². The van der Waals surface area contributed by atoms with Crippen LogP contribution < -0.4 is 20.1 Å². The van der Waals surface area contributed by atoms with Crippen LogP contribution >= 0.6 is 0 Å². The summed E-state index contributed by atoms with van der Waals surface area (Å²) in [7, 11) is 1.80. The Balaban J connectivity index is 1.65. The van der Waals surface area contributed by atoms with Crippen LogP contribution in [0.15, 0.2) is 36.5 Å². The molecule has 3 rings (SSSR count). The van der Waals surface area contributed by atoms with E-state index in [9.17, 15) is 4.79 Å². The first-order valence-corrected chi connectivity index (χ1v) is 6.57. The number of nitrogens with zero attached hydrogens (tertiary/aromatic N) is 1. The van der Waals surface area contributed by atoms with Gasteiger partial charge in [-0.1, -0.05) is 6.07 Å². The predicted molar refractivity (Wildman–Crippen MR) is 77.5 cm³/mol. The van der Waals surface area contributed by atoms with Gasteiger partial charge in [-0.2, -0.15) is 0 Å². The first kappa shape index (κ1) is 13.2. The van der Waals surface area contributed by atoms with Gasteiger partial charge in [0.25, 0.3) is 5.91 Å². The number of aromatic nitrogens is 1. The fourth-order valence-corrected chi connectivity index (χ4v) is 2.03. The quantitative estimate of drug-likeness (QED) is 0.896. The van der Waals surface area contributed by atoms with Crippen molar-refractivity contribution in [3.63, 3.8) is 0 Å². The van der Waals surface area contributed by atoms with E-state index < -0.39 is 0 Å². The molecule has 2 aromatic rings. The fourth-order valence-electron chi connectivity index (χ4n) is 2.03. The summed E-state index contributed by atoms with van der Waals surface area (Å²) in [4.78, 5) is 16.1. The number of rotatable bonds is 4. The molecular weight excluding hydrogens is 270 g/mol. The lowest BCUT2D eigenvalue weighted by atomic mass is 10.2. The Morgan fingerprint density at radius 3 is 2.95 bits per heavy atom. The summed E-state index contributed by atoms with van der Waals surface area (Å²) in [5.74, 6) is 1.22. The van der Waals surface area contributed by atoms with Crippen LogP contribution in [0.1, 0.15) is 16.1 Å². The molecule has 0 bridgehead atoms. The van der Waals surface area contributed by atoms with E-state index in [2.05, 4.69) is 15.6 Å². The molecule has 0 unspecified atom stereocenters. The topological polar surface area (TPSA) is 72.5 Å². The van der Waals surface area contributed by atoms with E-state index in [-0.39, 0.29) is 12.7 Å². The molecule has 0 radical (unpaired) electrons. The lowest BCUT2D eigenvalue weighted by Crippen LogP contribution is -2.23. The van der Waals surface area contributed by atoms with Crippen LogP contribution in [0, 0.1) is 0 Å². The normalized spacial score (nSPS) is 12.0. The molecule has 108 valence electrons. The Bertz CT molecular complexity index is 673. The van der Waals surface area contributed by atoms with Crippen molar-refractivity contribution in [1.29, 1.82) is 0 Å². The number of nitrogens with one attached hydrogen (secondary N) is 2. The fraction of sp³-hybridized carbons (Fsp3) is 0.200. The summed E-state index contributed by atoms with van der Waals surface area (Å²) in [5, 5.41) is 5.81. The summed E-state index contributed by atoms with van der Waals surface area (Å²) in [5.41, 5.74) is 2.16. The number of carbonyl (C=O) groups excluding carboxylic acids is 1. The molecule has 0 atom stereocenters. The molecule has 6 heteroatoms. The van der Waals surface area contributed by atoms with Gasteiger partial charge >= 0.3 is 0 Å². The predicted octanol–water partition coefficient (Wildman–Crippen LogP) is 1.78. The third-order valence-corrected chi connectivity index (χ3v) is 3.17. The van der Waals surface area contributed by atoms with Crippen LogP contribution in [-0.2, 0) is 6.54 Å². The maximum Gasteiger partial charge on any atom is 0.270 e. The highest BCUT2D eigenvalue weighted by Crippen LogP contribution is 2.32. The number of amides is 1. The molecule has 0 spiro atoms. The zero-order valence-corrected chi connectivity index (χ0v) is 11.6. The van der Waals surface area contributed by atoms with E-state index in [1.54, 1.807) is 25.4 Å². The Hall–Kier alpha value is -2.76. The highest BCUT2D eigenvalue weighted by molar-refractivity contribution is 5.93. The van der Waals surface area contributed by atoms with E-state index in [1.165, 1.54) is 0 Å². The van der Waals surface area contributed by atoms with Crippen LogP contribution in [0.5, 0.6) is 11.5 Å². The van der Waals surface area contributed by atoms with Crippen molar-refractivity contribution in [3.8, 4) is 11.5 Å². The van der Waals surface area contributed by atoms with Crippen molar-refractivity contribution in [1.82, 2.24) is 10.3 Å². The number of fused-ring (bicyclic) bond motifs is 1. The Morgan fingerprint density at radius 1 is 1.24 bits per heavy atom. The largest absolute Gasteiger partial charge is 0.454 e. The minimum absolute atomic E-state index is 0.218. The van der Waals surface area contributed by atoms with Crippen molar-refractivity contribution < 1.29 is 14.3 Å². The average Bonchev–Trinajstić information content (AvgIpc) is 3.00. The number of ether oxygens (including phenoxy) is 2. The Kier molecular flexibility index (Phi) is 3.59. The molecule has 1 aromatic carbocycles. The number of pyridine rings is 1. The van der Waals surface area contributed by atoms with Crippen LogP contribution in [0.25, 0.3) is 0 Å². The van der Waals surface area contributed by atoms with Crippen LogP contribution in [0.3, 0.4) is 0 Å². The SMILES string of the molecule is CNc1ccnc(C(=O)NCc2ccc3c(c2)OCO3)c1. The zero-order valence-electron chi connectivity index (χ0n) is 11.6. The summed E-state index contributed by atoms with van der Waals surface area (Å²) < 4.78 is 10.6. The van der Waals surface area contributed by atoms with Crippen molar-refractivity contribution in [2.75, 3.05) is 19.2 Å². The lowest BCUT2D eigenvalue weighted by molar-refractivity contribution is 0.0946. The van der Waals surface area contributed by atoms with Gasteiger partial charge < -0.3 is 20.1 Å². The molecule has 0 aliphatic carbocycles. The van der Waals surface area contributed by atoms with E-state index in [0.29, 0.717) is 18.0 Å². The molecule has 0 saturated heterocycles. The van der Waals surface area contributed by atoms with Gasteiger partial charge in [-0.3, -0.25) is 9.78 Å². The number of hydrogen-bond acceptors (Lipinski definition) is 5. The molecule has 2 heterocycles. The summed E-state index contributed by atoms with van der Waals surface area (Å²) in [6.07, 6.45) is 1.60.